The van der Waals surface area contributed by atoms with E-state index in [9.17, 15) is 9.59 Å². The zero-order chi connectivity index (χ0) is 23.7. The molecule has 34 heavy (non-hydrogen) atoms. The van der Waals surface area contributed by atoms with Crippen LogP contribution in [-0.2, 0) is 4.79 Å². The van der Waals surface area contributed by atoms with Gasteiger partial charge in [0.25, 0.3) is 5.91 Å². The van der Waals surface area contributed by atoms with E-state index < -0.39 is 6.04 Å². The quantitative estimate of drug-likeness (QED) is 0.583. The van der Waals surface area contributed by atoms with Gasteiger partial charge in [0.2, 0.25) is 5.91 Å². The summed E-state index contributed by atoms with van der Waals surface area (Å²) >= 11 is 6.15. The van der Waals surface area contributed by atoms with Crippen LogP contribution in [0, 0.1) is 5.92 Å². The van der Waals surface area contributed by atoms with E-state index in [0.29, 0.717) is 22.9 Å². The topological polar surface area (TPSA) is 80.1 Å². The highest BCUT2D eigenvalue weighted by atomic mass is 35.5. The van der Waals surface area contributed by atoms with Crippen molar-refractivity contribution >= 4 is 23.4 Å². The van der Waals surface area contributed by atoms with Crippen LogP contribution in [0.4, 0.5) is 0 Å². The summed E-state index contributed by atoms with van der Waals surface area (Å²) in [6.07, 6.45) is 8.10. The molecule has 2 aliphatic rings. The second-order valence-corrected chi connectivity index (χ2v) is 9.68. The molecule has 176 valence electrons. The van der Waals surface area contributed by atoms with E-state index in [2.05, 4.69) is 15.4 Å². The summed E-state index contributed by atoms with van der Waals surface area (Å²) < 4.78 is 1.69. The molecular formula is C26H28ClN5O2. The third kappa shape index (κ3) is 4.44. The molecule has 8 heteroatoms. The van der Waals surface area contributed by atoms with Gasteiger partial charge in [0.05, 0.1) is 11.7 Å². The molecule has 2 heterocycles. The van der Waals surface area contributed by atoms with Gasteiger partial charge >= 0.3 is 0 Å². The number of carbonyl (C=O) groups excluding carboxylic acids is 2. The molecule has 0 spiro atoms. The molecule has 1 saturated heterocycles. The van der Waals surface area contributed by atoms with E-state index in [1.807, 2.05) is 36.1 Å². The van der Waals surface area contributed by atoms with Crippen LogP contribution in [-0.4, -0.2) is 43.6 Å². The second-order valence-electron chi connectivity index (χ2n) is 9.25. The average molecular weight is 478 g/mol. The number of rotatable bonds is 5. The van der Waals surface area contributed by atoms with Gasteiger partial charge in [-0.2, -0.15) is 5.10 Å². The van der Waals surface area contributed by atoms with E-state index in [-0.39, 0.29) is 23.9 Å². The molecule has 0 bridgehead atoms. The number of amides is 2. The molecule has 2 fully saturated rings. The Labute approximate surface area is 204 Å². The molecule has 2 amide bonds. The van der Waals surface area contributed by atoms with Crippen molar-refractivity contribution < 1.29 is 9.59 Å². The van der Waals surface area contributed by atoms with Crippen LogP contribution in [0.2, 0.25) is 5.02 Å². The van der Waals surface area contributed by atoms with Gasteiger partial charge in [-0.25, -0.2) is 9.67 Å². The number of benzene rings is 2. The molecule has 4 unspecified atom stereocenters. The van der Waals surface area contributed by atoms with Crippen LogP contribution in [0.1, 0.15) is 61.0 Å². The fraction of sp³-hybridized carbons (Fsp3) is 0.385. The highest BCUT2D eigenvalue weighted by Crippen LogP contribution is 2.41. The van der Waals surface area contributed by atoms with Crippen molar-refractivity contribution in [2.75, 3.05) is 0 Å². The number of aromatic nitrogens is 3. The Morgan fingerprint density at radius 1 is 1.12 bits per heavy atom. The van der Waals surface area contributed by atoms with Crippen molar-refractivity contribution in [2.24, 2.45) is 5.92 Å². The third-order valence-electron chi connectivity index (χ3n) is 7.13. The van der Waals surface area contributed by atoms with E-state index in [0.717, 1.165) is 36.9 Å². The summed E-state index contributed by atoms with van der Waals surface area (Å²) in [6, 6.07) is 14.3. The Bertz CT molecular complexity index is 1160. The van der Waals surface area contributed by atoms with E-state index in [1.165, 1.54) is 6.33 Å². The van der Waals surface area contributed by atoms with Gasteiger partial charge in [-0.1, -0.05) is 42.6 Å². The summed E-state index contributed by atoms with van der Waals surface area (Å²) in [6.45, 7) is 1.97. The lowest BCUT2D eigenvalue weighted by Crippen LogP contribution is -2.50. The molecule has 7 nitrogen and oxygen atoms in total. The van der Waals surface area contributed by atoms with Crippen molar-refractivity contribution in [3.05, 3.63) is 77.3 Å². The minimum absolute atomic E-state index is 0.0994. The predicted octanol–water partition coefficient (Wildman–Crippen LogP) is 4.57. The minimum Gasteiger partial charge on any atom is -0.348 e. The summed E-state index contributed by atoms with van der Waals surface area (Å²) in [7, 11) is 0. The first-order valence-corrected chi connectivity index (χ1v) is 12.2. The first-order valence-electron chi connectivity index (χ1n) is 11.8. The first kappa shape index (κ1) is 22.6. The average Bonchev–Trinajstić information content (AvgIpc) is 3.52. The molecule has 1 N–H and O–H groups in total. The van der Waals surface area contributed by atoms with Crippen LogP contribution in [0.15, 0.2) is 61.2 Å². The summed E-state index contributed by atoms with van der Waals surface area (Å²) in [5.74, 6) is 0.157. The molecule has 1 saturated carbocycles. The standard InChI is InChI=1S/C26H28ClN5O2/c1-17(18-9-11-22(12-10-18)31-16-28-15-29-31)30-25(33)24-14-19-5-2-3-8-23(19)32(24)26(34)20-6-4-7-21(27)13-20/h4,6-7,9-13,15-17,19,23-24H,2-3,5,8,14H2,1H3,(H,30,33). The number of nitrogens with zero attached hydrogens (tertiary/aromatic N) is 4. The van der Waals surface area contributed by atoms with Crippen LogP contribution < -0.4 is 5.32 Å². The largest absolute Gasteiger partial charge is 0.348 e. The van der Waals surface area contributed by atoms with Gasteiger partial charge in [0, 0.05) is 16.6 Å². The highest BCUT2D eigenvalue weighted by Gasteiger charge is 2.47. The van der Waals surface area contributed by atoms with Crippen molar-refractivity contribution in [3.63, 3.8) is 0 Å². The lowest BCUT2D eigenvalue weighted by molar-refractivity contribution is -0.125. The minimum atomic E-state index is -0.476. The lowest BCUT2D eigenvalue weighted by atomic mass is 9.84. The monoisotopic (exact) mass is 477 g/mol. The van der Waals surface area contributed by atoms with Crippen LogP contribution in [0.5, 0.6) is 0 Å². The summed E-state index contributed by atoms with van der Waals surface area (Å²) in [5, 5.41) is 7.82. The van der Waals surface area contributed by atoms with Crippen LogP contribution in [0.25, 0.3) is 5.69 Å². The maximum absolute atomic E-state index is 13.5. The molecule has 1 aliphatic carbocycles. The number of hydrogen-bond donors (Lipinski definition) is 1. The molecule has 5 rings (SSSR count). The summed E-state index contributed by atoms with van der Waals surface area (Å²) in [5.41, 5.74) is 2.42. The smallest absolute Gasteiger partial charge is 0.254 e. The van der Waals surface area contributed by atoms with E-state index >= 15 is 0 Å². The molecular weight excluding hydrogens is 450 g/mol. The molecule has 1 aliphatic heterocycles. The molecule has 0 radical (unpaired) electrons. The predicted molar refractivity (Wildman–Crippen MR) is 130 cm³/mol. The number of fused-ring (bicyclic) bond motifs is 1. The van der Waals surface area contributed by atoms with Crippen molar-refractivity contribution in [2.45, 2.75) is 57.2 Å². The Morgan fingerprint density at radius 2 is 1.91 bits per heavy atom. The molecule has 1 aromatic heterocycles. The Hall–Kier alpha value is -3.19. The number of hydrogen-bond acceptors (Lipinski definition) is 4. The van der Waals surface area contributed by atoms with Crippen molar-refractivity contribution in [1.29, 1.82) is 0 Å². The fourth-order valence-electron chi connectivity index (χ4n) is 5.41. The van der Waals surface area contributed by atoms with Gasteiger partial charge < -0.3 is 10.2 Å². The van der Waals surface area contributed by atoms with E-state index in [1.54, 1.807) is 35.3 Å². The van der Waals surface area contributed by atoms with E-state index in [4.69, 9.17) is 11.6 Å². The summed E-state index contributed by atoms with van der Waals surface area (Å²) in [4.78, 5) is 32.8. The van der Waals surface area contributed by atoms with Crippen molar-refractivity contribution in [1.82, 2.24) is 25.0 Å². The Kier molecular flexibility index (Phi) is 6.37. The highest BCUT2D eigenvalue weighted by molar-refractivity contribution is 6.31. The second kappa shape index (κ2) is 9.58. The van der Waals surface area contributed by atoms with Gasteiger partial charge in [0.15, 0.2) is 0 Å². The van der Waals surface area contributed by atoms with Gasteiger partial charge in [-0.3, -0.25) is 9.59 Å². The first-order chi connectivity index (χ1) is 16.5. The van der Waals surface area contributed by atoms with Gasteiger partial charge in [-0.15, -0.1) is 0 Å². The molecule has 2 aromatic carbocycles. The third-order valence-corrected chi connectivity index (χ3v) is 7.37. The fourth-order valence-corrected chi connectivity index (χ4v) is 5.60. The normalized spacial score (nSPS) is 22.8. The Morgan fingerprint density at radius 3 is 2.65 bits per heavy atom. The number of halogens is 1. The zero-order valence-electron chi connectivity index (χ0n) is 19.1. The van der Waals surface area contributed by atoms with Gasteiger partial charge in [-0.05, 0) is 68.0 Å². The van der Waals surface area contributed by atoms with Crippen LogP contribution >= 0.6 is 11.6 Å². The number of likely N-dealkylation sites (tertiary alicyclic amines) is 1. The van der Waals surface area contributed by atoms with Crippen molar-refractivity contribution in [3.8, 4) is 5.69 Å². The lowest BCUT2D eigenvalue weighted by Gasteiger charge is -2.34. The van der Waals surface area contributed by atoms with Crippen LogP contribution in [0.3, 0.4) is 0 Å². The maximum Gasteiger partial charge on any atom is 0.254 e. The molecule has 4 atom stereocenters. The molecule has 3 aromatic rings. The maximum atomic E-state index is 13.5. The SMILES string of the molecule is CC(NC(=O)C1CC2CCCCC2N1C(=O)c1cccc(Cl)c1)c1ccc(-n2cncn2)cc1. The number of carbonyl (C=O) groups is 2. The Balaban J connectivity index is 1.34. The van der Waals surface area contributed by atoms with Gasteiger partial charge in [0.1, 0.15) is 18.7 Å². The zero-order valence-corrected chi connectivity index (χ0v) is 19.9. The number of nitrogens with one attached hydrogen (secondary N) is 1.